The van der Waals surface area contributed by atoms with E-state index in [9.17, 15) is 18.0 Å². The normalized spacial score (nSPS) is 12.4. The number of benzene rings is 1. The average Bonchev–Trinajstić information content (AvgIpc) is 2.16. The Balaban J connectivity index is 2.89. The number of nitrogens with two attached hydrogens (primary N) is 1. The molecule has 1 amide bonds. The highest BCUT2D eigenvalue weighted by atomic mass is 19.4. The van der Waals surface area contributed by atoms with Crippen molar-refractivity contribution in [2.75, 3.05) is 5.32 Å². The van der Waals surface area contributed by atoms with Crippen LogP contribution in [0, 0.1) is 6.92 Å². The molecule has 106 valence electrons. The van der Waals surface area contributed by atoms with E-state index in [2.05, 4.69) is 5.32 Å². The highest BCUT2D eigenvalue weighted by Gasteiger charge is 2.32. The molecule has 0 radical (unpaired) electrons. The van der Waals surface area contributed by atoms with Crippen LogP contribution in [0.15, 0.2) is 18.2 Å². The van der Waals surface area contributed by atoms with Gasteiger partial charge >= 0.3 is 6.18 Å². The lowest BCUT2D eigenvalue weighted by Gasteiger charge is -2.18. The van der Waals surface area contributed by atoms with Gasteiger partial charge in [-0.2, -0.15) is 13.2 Å². The van der Waals surface area contributed by atoms with Crippen LogP contribution in [-0.2, 0) is 11.0 Å². The van der Waals surface area contributed by atoms with Gasteiger partial charge in [0, 0.05) is 17.6 Å². The maximum Gasteiger partial charge on any atom is 0.416 e. The summed E-state index contributed by atoms with van der Waals surface area (Å²) in [5.41, 5.74) is 4.45. The van der Waals surface area contributed by atoms with E-state index in [1.807, 2.05) is 0 Å². The van der Waals surface area contributed by atoms with Crippen molar-refractivity contribution in [2.24, 2.45) is 5.73 Å². The van der Waals surface area contributed by atoms with E-state index in [1.165, 1.54) is 19.1 Å². The minimum atomic E-state index is -4.43. The third-order valence-corrected chi connectivity index (χ3v) is 2.44. The van der Waals surface area contributed by atoms with Crippen molar-refractivity contribution in [1.82, 2.24) is 0 Å². The van der Waals surface area contributed by atoms with E-state index in [-0.39, 0.29) is 17.7 Å². The largest absolute Gasteiger partial charge is 0.416 e. The van der Waals surface area contributed by atoms with Crippen LogP contribution < -0.4 is 11.1 Å². The fourth-order valence-electron chi connectivity index (χ4n) is 1.62. The van der Waals surface area contributed by atoms with E-state index in [0.29, 0.717) is 0 Å². The monoisotopic (exact) mass is 274 g/mol. The summed E-state index contributed by atoms with van der Waals surface area (Å²) in [7, 11) is 0. The second kappa shape index (κ2) is 5.21. The lowest BCUT2D eigenvalue weighted by molar-refractivity contribution is -0.138. The molecule has 1 rings (SSSR count). The number of hydrogen-bond acceptors (Lipinski definition) is 2. The summed E-state index contributed by atoms with van der Waals surface area (Å²) < 4.78 is 38.1. The van der Waals surface area contributed by atoms with Gasteiger partial charge in [0.25, 0.3) is 0 Å². The third-order valence-electron chi connectivity index (χ3n) is 2.44. The number of alkyl halides is 3. The van der Waals surface area contributed by atoms with Crippen LogP contribution in [0.4, 0.5) is 18.9 Å². The second-order valence-corrected chi connectivity index (χ2v) is 5.24. The first-order valence-electron chi connectivity index (χ1n) is 5.75. The molecule has 0 aliphatic rings. The Bertz CT molecular complexity index is 476. The molecule has 0 saturated heterocycles. The van der Waals surface area contributed by atoms with Crippen LogP contribution in [0.25, 0.3) is 0 Å². The summed E-state index contributed by atoms with van der Waals surface area (Å²) in [5.74, 6) is -0.413. The third kappa shape index (κ3) is 4.90. The first-order chi connectivity index (χ1) is 8.49. The molecule has 6 heteroatoms. The Labute approximate surface area is 110 Å². The summed E-state index contributed by atoms with van der Waals surface area (Å²) in [5, 5.41) is 2.42. The molecule has 0 fully saturated rings. The predicted molar refractivity (Wildman–Crippen MR) is 67.7 cm³/mol. The summed E-state index contributed by atoms with van der Waals surface area (Å²) in [6.45, 7) is 4.71. The van der Waals surface area contributed by atoms with Crippen molar-refractivity contribution in [3.05, 3.63) is 29.3 Å². The Morgan fingerprint density at radius 3 is 2.37 bits per heavy atom. The van der Waals surface area contributed by atoms with Crippen LogP contribution in [0.2, 0.25) is 0 Å². The van der Waals surface area contributed by atoms with Crippen molar-refractivity contribution < 1.29 is 18.0 Å². The Hall–Kier alpha value is -1.56. The van der Waals surface area contributed by atoms with Crippen molar-refractivity contribution in [2.45, 2.75) is 38.9 Å². The molecule has 0 atom stereocenters. The Morgan fingerprint density at radius 1 is 1.32 bits per heavy atom. The number of nitrogens with one attached hydrogen (secondary N) is 1. The molecule has 0 heterocycles. The number of anilines is 1. The summed E-state index contributed by atoms with van der Waals surface area (Å²) in [4.78, 5) is 11.6. The summed E-state index contributed by atoms with van der Waals surface area (Å²) in [6.07, 6.45) is -4.40. The number of rotatable bonds is 3. The summed E-state index contributed by atoms with van der Waals surface area (Å²) in [6, 6.07) is 3.69. The molecule has 0 bridgehead atoms. The first kappa shape index (κ1) is 15.5. The van der Waals surface area contributed by atoms with Gasteiger partial charge < -0.3 is 11.1 Å². The van der Waals surface area contributed by atoms with E-state index < -0.39 is 23.2 Å². The van der Waals surface area contributed by atoms with Crippen LogP contribution >= 0.6 is 0 Å². The fraction of sp³-hybridized carbons (Fsp3) is 0.462. The van der Waals surface area contributed by atoms with Crippen molar-refractivity contribution >= 4 is 11.6 Å². The van der Waals surface area contributed by atoms with Gasteiger partial charge in [0.2, 0.25) is 5.91 Å². The number of carbonyl (C=O) groups excluding carboxylic acids is 1. The zero-order chi connectivity index (χ0) is 14.8. The van der Waals surface area contributed by atoms with Gasteiger partial charge in [-0.1, -0.05) is 6.07 Å². The van der Waals surface area contributed by atoms with Gasteiger partial charge in [-0.05, 0) is 38.5 Å². The molecule has 0 unspecified atom stereocenters. The number of hydrogen-bond donors (Lipinski definition) is 2. The molecular formula is C13H17F3N2O. The lowest BCUT2D eigenvalue weighted by Crippen LogP contribution is -2.36. The fourth-order valence-corrected chi connectivity index (χ4v) is 1.62. The maximum absolute atomic E-state index is 12.7. The Kier molecular flexibility index (Phi) is 4.25. The molecule has 0 aromatic heterocycles. The number of amides is 1. The lowest BCUT2D eigenvalue weighted by atomic mass is 10.0. The van der Waals surface area contributed by atoms with Crippen LogP contribution in [-0.4, -0.2) is 11.4 Å². The molecular weight excluding hydrogens is 257 g/mol. The van der Waals surface area contributed by atoms with E-state index in [1.54, 1.807) is 13.8 Å². The average molecular weight is 274 g/mol. The van der Waals surface area contributed by atoms with Crippen LogP contribution in [0.1, 0.15) is 31.4 Å². The molecule has 19 heavy (non-hydrogen) atoms. The van der Waals surface area contributed by atoms with E-state index >= 15 is 0 Å². The molecule has 0 spiro atoms. The van der Waals surface area contributed by atoms with Gasteiger partial charge in [0.1, 0.15) is 0 Å². The number of carbonyl (C=O) groups is 1. The predicted octanol–water partition coefficient (Wildman–Crippen LogP) is 3.08. The highest BCUT2D eigenvalue weighted by Crippen LogP contribution is 2.33. The first-order valence-corrected chi connectivity index (χ1v) is 5.75. The molecule has 0 saturated carbocycles. The summed E-state index contributed by atoms with van der Waals surface area (Å²) >= 11 is 0. The minimum Gasteiger partial charge on any atom is -0.326 e. The zero-order valence-corrected chi connectivity index (χ0v) is 11.1. The zero-order valence-electron chi connectivity index (χ0n) is 11.1. The minimum absolute atomic E-state index is 0.0300. The topological polar surface area (TPSA) is 55.1 Å². The molecule has 3 nitrogen and oxygen atoms in total. The van der Waals surface area contributed by atoms with Crippen LogP contribution in [0.5, 0.6) is 0 Å². The smallest absolute Gasteiger partial charge is 0.326 e. The van der Waals surface area contributed by atoms with Crippen molar-refractivity contribution in [3.63, 3.8) is 0 Å². The van der Waals surface area contributed by atoms with Crippen molar-refractivity contribution in [1.29, 1.82) is 0 Å². The van der Waals surface area contributed by atoms with Gasteiger partial charge in [-0.25, -0.2) is 0 Å². The quantitative estimate of drug-likeness (QED) is 0.890. The van der Waals surface area contributed by atoms with Gasteiger partial charge in [0.05, 0.1) is 5.56 Å². The molecule has 0 aliphatic heterocycles. The molecule has 0 aliphatic carbocycles. The standard InChI is InChI=1S/C13H17F3N2O/c1-8-4-5-9(6-10(8)13(14,15)16)18-11(19)7-12(2,3)17/h4-6H,7,17H2,1-3H3,(H,18,19). The molecule has 1 aromatic rings. The SMILES string of the molecule is Cc1ccc(NC(=O)CC(C)(C)N)cc1C(F)(F)F. The van der Waals surface area contributed by atoms with Crippen LogP contribution in [0.3, 0.4) is 0 Å². The maximum atomic E-state index is 12.7. The van der Waals surface area contributed by atoms with Gasteiger partial charge in [0.15, 0.2) is 0 Å². The van der Waals surface area contributed by atoms with E-state index in [4.69, 9.17) is 5.73 Å². The second-order valence-electron chi connectivity index (χ2n) is 5.24. The Morgan fingerprint density at radius 2 is 1.89 bits per heavy atom. The van der Waals surface area contributed by atoms with Gasteiger partial charge in [-0.3, -0.25) is 4.79 Å². The highest BCUT2D eigenvalue weighted by molar-refractivity contribution is 5.91. The number of halogens is 3. The molecule has 1 aromatic carbocycles. The van der Waals surface area contributed by atoms with Gasteiger partial charge in [-0.15, -0.1) is 0 Å². The van der Waals surface area contributed by atoms with Crippen molar-refractivity contribution in [3.8, 4) is 0 Å². The molecule has 3 N–H and O–H groups in total. The van der Waals surface area contributed by atoms with E-state index in [0.717, 1.165) is 6.07 Å². The number of aryl methyl sites for hydroxylation is 1.